The first-order valence-corrected chi connectivity index (χ1v) is 5.74. The van der Waals surface area contributed by atoms with Crippen molar-refractivity contribution in [2.45, 2.75) is 25.8 Å². The van der Waals surface area contributed by atoms with Crippen molar-refractivity contribution in [1.29, 1.82) is 0 Å². The average Bonchev–Trinajstić information content (AvgIpc) is 2.92. The number of rotatable bonds is 3. The third kappa shape index (κ3) is 2.26. The first kappa shape index (κ1) is 9.95. The van der Waals surface area contributed by atoms with Gasteiger partial charge in [-0.05, 0) is 34.9 Å². The molecule has 1 aromatic heterocycles. The van der Waals surface area contributed by atoms with Crippen LogP contribution in [0, 0.1) is 9.49 Å². The molecule has 0 amide bonds. The van der Waals surface area contributed by atoms with Gasteiger partial charge in [0.05, 0.1) is 3.57 Å². The van der Waals surface area contributed by atoms with Crippen molar-refractivity contribution in [1.82, 2.24) is 9.55 Å². The maximum atomic E-state index is 11.3. The molecular weight excluding hydrogens is 295 g/mol. The Morgan fingerprint density at radius 1 is 1.50 bits per heavy atom. The van der Waals surface area contributed by atoms with Gasteiger partial charge in [-0.2, -0.15) is 0 Å². The summed E-state index contributed by atoms with van der Waals surface area (Å²) >= 11 is 1.94. The number of H-pyrrole nitrogens is 1. The fourth-order valence-electron chi connectivity index (χ4n) is 1.38. The van der Waals surface area contributed by atoms with Crippen LogP contribution < -0.4 is 11.2 Å². The SMILES string of the molecule is O=c1[nH]c(=O)n(CCC2CC2)cc1I. The van der Waals surface area contributed by atoms with Gasteiger partial charge in [-0.25, -0.2) is 4.79 Å². The molecule has 0 radical (unpaired) electrons. The summed E-state index contributed by atoms with van der Waals surface area (Å²) in [5, 5.41) is 0. The highest BCUT2D eigenvalue weighted by molar-refractivity contribution is 14.1. The lowest BCUT2D eigenvalue weighted by atomic mass is 10.3. The Balaban J connectivity index is 2.19. The molecule has 14 heavy (non-hydrogen) atoms. The molecule has 0 atom stereocenters. The van der Waals surface area contributed by atoms with Gasteiger partial charge in [-0.3, -0.25) is 14.3 Å². The van der Waals surface area contributed by atoms with E-state index in [4.69, 9.17) is 0 Å². The van der Waals surface area contributed by atoms with Crippen LogP contribution in [0.2, 0.25) is 0 Å². The second-order valence-corrected chi connectivity index (χ2v) is 4.82. The minimum atomic E-state index is -0.295. The van der Waals surface area contributed by atoms with Crippen LogP contribution >= 0.6 is 22.6 Å². The first-order chi connectivity index (χ1) is 6.66. The van der Waals surface area contributed by atoms with E-state index in [0.29, 0.717) is 3.57 Å². The molecule has 1 aromatic rings. The zero-order valence-electron chi connectivity index (χ0n) is 7.62. The smallest absolute Gasteiger partial charge is 0.300 e. The molecule has 0 unspecified atom stereocenters. The number of aromatic nitrogens is 2. The Morgan fingerprint density at radius 3 is 2.86 bits per heavy atom. The molecule has 0 saturated heterocycles. The number of nitrogens with one attached hydrogen (secondary N) is 1. The molecular formula is C9H11IN2O2. The molecule has 2 rings (SSSR count). The van der Waals surface area contributed by atoms with Crippen LogP contribution in [-0.2, 0) is 6.54 Å². The quantitative estimate of drug-likeness (QED) is 0.845. The Kier molecular flexibility index (Phi) is 2.76. The summed E-state index contributed by atoms with van der Waals surface area (Å²) in [7, 11) is 0. The van der Waals surface area contributed by atoms with Crippen molar-refractivity contribution >= 4 is 22.6 Å². The van der Waals surface area contributed by atoms with Gasteiger partial charge in [-0.15, -0.1) is 0 Å². The van der Waals surface area contributed by atoms with Crippen molar-refractivity contribution in [3.05, 3.63) is 30.6 Å². The summed E-state index contributed by atoms with van der Waals surface area (Å²) in [6.45, 7) is 0.719. The molecule has 1 heterocycles. The summed E-state index contributed by atoms with van der Waals surface area (Å²) in [4.78, 5) is 24.7. The topological polar surface area (TPSA) is 54.9 Å². The van der Waals surface area contributed by atoms with Gasteiger partial charge in [0.1, 0.15) is 0 Å². The highest BCUT2D eigenvalue weighted by Gasteiger charge is 2.20. The van der Waals surface area contributed by atoms with Gasteiger partial charge >= 0.3 is 5.69 Å². The van der Waals surface area contributed by atoms with Crippen LogP contribution in [0.25, 0.3) is 0 Å². The maximum Gasteiger partial charge on any atom is 0.328 e. The van der Waals surface area contributed by atoms with Crippen LogP contribution in [0.15, 0.2) is 15.8 Å². The van der Waals surface area contributed by atoms with Crippen LogP contribution in [-0.4, -0.2) is 9.55 Å². The fraction of sp³-hybridized carbons (Fsp3) is 0.556. The lowest BCUT2D eigenvalue weighted by molar-refractivity contribution is 0.566. The standard InChI is InChI=1S/C9H11IN2O2/c10-7-5-12(4-3-6-1-2-6)9(14)11-8(7)13/h5-6H,1-4H2,(H,11,13,14). The molecule has 0 bridgehead atoms. The molecule has 1 aliphatic rings. The molecule has 1 N–H and O–H groups in total. The van der Waals surface area contributed by atoms with E-state index in [1.165, 1.54) is 12.8 Å². The van der Waals surface area contributed by atoms with E-state index in [2.05, 4.69) is 4.98 Å². The van der Waals surface area contributed by atoms with Crippen LogP contribution in [0.1, 0.15) is 19.3 Å². The molecule has 4 nitrogen and oxygen atoms in total. The minimum absolute atomic E-state index is 0.293. The van der Waals surface area contributed by atoms with Crippen molar-refractivity contribution < 1.29 is 0 Å². The Labute approximate surface area is 94.5 Å². The van der Waals surface area contributed by atoms with Gasteiger partial charge in [0.15, 0.2) is 0 Å². The van der Waals surface area contributed by atoms with E-state index in [0.717, 1.165) is 18.9 Å². The number of aryl methyl sites for hydroxylation is 1. The number of hydrogen-bond acceptors (Lipinski definition) is 2. The lowest BCUT2D eigenvalue weighted by Crippen LogP contribution is -2.31. The van der Waals surface area contributed by atoms with E-state index in [1.807, 2.05) is 22.6 Å². The summed E-state index contributed by atoms with van der Waals surface area (Å²) in [6.07, 6.45) is 5.25. The molecule has 1 aliphatic carbocycles. The van der Waals surface area contributed by atoms with E-state index >= 15 is 0 Å². The van der Waals surface area contributed by atoms with E-state index in [9.17, 15) is 9.59 Å². The molecule has 5 heteroatoms. The van der Waals surface area contributed by atoms with Gasteiger partial charge in [0.25, 0.3) is 5.56 Å². The molecule has 1 saturated carbocycles. The monoisotopic (exact) mass is 306 g/mol. The molecule has 76 valence electrons. The first-order valence-electron chi connectivity index (χ1n) is 4.66. The zero-order valence-corrected chi connectivity index (χ0v) is 9.78. The van der Waals surface area contributed by atoms with Crippen molar-refractivity contribution in [2.75, 3.05) is 0 Å². The highest BCUT2D eigenvalue weighted by Crippen LogP contribution is 2.32. The largest absolute Gasteiger partial charge is 0.328 e. The van der Waals surface area contributed by atoms with Gasteiger partial charge in [0.2, 0.25) is 0 Å². The van der Waals surface area contributed by atoms with Crippen LogP contribution in [0.4, 0.5) is 0 Å². The molecule has 0 spiro atoms. The van der Waals surface area contributed by atoms with Crippen molar-refractivity contribution in [3.8, 4) is 0 Å². The fourth-order valence-corrected chi connectivity index (χ4v) is 1.85. The maximum absolute atomic E-state index is 11.3. The number of hydrogen-bond donors (Lipinski definition) is 1. The number of halogens is 1. The Hall–Kier alpha value is -0.590. The van der Waals surface area contributed by atoms with E-state index < -0.39 is 0 Å². The van der Waals surface area contributed by atoms with Crippen molar-refractivity contribution in [2.24, 2.45) is 5.92 Å². The summed E-state index contributed by atoms with van der Waals surface area (Å²) in [5.74, 6) is 0.798. The summed E-state index contributed by atoms with van der Waals surface area (Å²) < 4.78 is 2.15. The molecule has 1 fully saturated rings. The van der Waals surface area contributed by atoms with Gasteiger partial charge in [-0.1, -0.05) is 12.8 Å². The Morgan fingerprint density at radius 2 is 2.21 bits per heavy atom. The van der Waals surface area contributed by atoms with Crippen molar-refractivity contribution in [3.63, 3.8) is 0 Å². The summed E-state index contributed by atoms with van der Waals surface area (Å²) in [5.41, 5.74) is -0.589. The molecule has 0 aromatic carbocycles. The second-order valence-electron chi connectivity index (χ2n) is 3.66. The van der Waals surface area contributed by atoms with E-state index in [1.54, 1.807) is 10.8 Å². The molecule has 0 aliphatic heterocycles. The number of aromatic amines is 1. The summed E-state index contributed by atoms with van der Waals surface area (Å²) in [6, 6.07) is 0. The third-order valence-electron chi connectivity index (χ3n) is 2.44. The lowest BCUT2D eigenvalue weighted by Gasteiger charge is -2.03. The van der Waals surface area contributed by atoms with Crippen LogP contribution in [0.3, 0.4) is 0 Å². The minimum Gasteiger partial charge on any atom is -0.300 e. The predicted octanol–water partition coefficient (Wildman–Crippen LogP) is 0.941. The Bertz CT molecular complexity index is 445. The average molecular weight is 306 g/mol. The van der Waals surface area contributed by atoms with Crippen LogP contribution in [0.5, 0.6) is 0 Å². The van der Waals surface area contributed by atoms with E-state index in [-0.39, 0.29) is 11.2 Å². The van der Waals surface area contributed by atoms with Gasteiger partial charge in [0, 0.05) is 12.7 Å². The second kappa shape index (κ2) is 3.88. The highest BCUT2D eigenvalue weighted by atomic mass is 127. The predicted molar refractivity (Wildman–Crippen MR) is 61.4 cm³/mol. The normalized spacial score (nSPS) is 15.8. The zero-order chi connectivity index (χ0) is 10.1. The third-order valence-corrected chi connectivity index (χ3v) is 3.21. The number of nitrogens with zero attached hydrogens (tertiary/aromatic N) is 1. The van der Waals surface area contributed by atoms with Gasteiger partial charge < -0.3 is 0 Å².